The third-order valence-electron chi connectivity index (χ3n) is 3.94. The maximum atomic E-state index is 12.7. The van der Waals surface area contributed by atoms with E-state index in [0.717, 1.165) is 38.1 Å². The molecule has 0 saturated carbocycles. The molecule has 112 valence electrons. The van der Waals surface area contributed by atoms with Crippen molar-refractivity contribution in [3.8, 4) is 0 Å². The minimum absolute atomic E-state index is 0.0445. The number of hydrogen-bond donors (Lipinski definition) is 2. The molecule has 20 heavy (non-hydrogen) atoms. The van der Waals surface area contributed by atoms with Crippen molar-refractivity contribution in [2.45, 2.75) is 25.1 Å². The second-order valence-electron chi connectivity index (χ2n) is 5.43. The molecule has 0 aliphatic carbocycles. The van der Waals surface area contributed by atoms with E-state index in [1.807, 2.05) is 7.05 Å². The molecule has 6 heteroatoms. The normalized spacial score (nSPS) is 20.1. The summed E-state index contributed by atoms with van der Waals surface area (Å²) in [4.78, 5) is 2.14. The predicted octanol–water partition coefficient (Wildman–Crippen LogP) is 2.66. The van der Waals surface area contributed by atoms with Crippen LogP contribution in [-0.4, -0.2) is 30.1 Å². The van der Waals surface area contributed by atoms with Crippen LogP contribution in [0.1, 0.15) is 30.1 Å². The fourth-order valence-corrected chi connectivity index (χ4v) is 2.61. The number of nitrogen functional groups attached to an aromatic ring is 1. The van der Waals surface area contributed by atoms with Crippen LogP contribution in [0.5, 0.6) is 0 Å². The molecule has 1 fully saturated rings. The number of hydrogen-bond acceptors (Lipinski definition) is 3. The van der Waals surface area contributed by atoms with Crippen LogP contribution in [-0.2, 0) is 6.18 Å². The van der Waals surface area contributed by atoms with Crippen molar-refractivity contribution in [2.24, 2.45) is 5.92 Å². The summed E-state index contributed by atoms with van der Waals surface area (Å²) in [6, 6.07) is 3.13. The van der Waals surface area contributed by atoms with Gasteiger partial charge >= 0.3 is 6.18 Å². The first-order valence-electron chi connectivity index (χ1n) is 6.62. The number of benzene rings is 1. The maximum absolute atomic E-state index is 12.7. The topological polar surface area (TPSA) is 49.5 Å². The number of piperidine rings is 1. The number of anilines is 1. The molecule has 1 aromatic rings. The molecule has 1 atom stereocenters. The van der Waals surface area contributed by atoms with Crippen molar-refractivity contribution in [3.05, 3.63) is 29.3 Å². The third kappa shape index (κ3) is 3.24. The number of likely N-dealkylation sites (tertiary alicyclic amines) is 1. The van der Waals surface area contributed by atoms with E-state index in [1.54, 1.807) is 0 Å². The van der Waals surface area contributed by atoms with E-state index < -0.39 is 17.8 Å². The summed E-state index contributed by atoms with van der Waals surface area (Å²) in [5.74, 6) is -0.0445. The second-order valence-corrected chi connectivity index (χ2v) is 5.43. The van der Waals surface area contributed by atoms with Crippen LogP contribution in [0, 0.1) is 5.92 Å². The van der Waals surface area contributed by atoms with Gasteiger partial charge in [0.2, 0.25) is 0 Å². The van der Waals surface area contributed by atoms with Gasteiger partial charge in [0.1, 0.15) is 0 Å². The zero-order chi connectivity index (χ0) is 14.9. The molecule has 1 aliphatic rings. The molecule has 1 heterocycles. The molecule has 3 N–H and O–H groups in total. The summed E-state index contributed by atoms with van der Waals surface area (Å²) in [5.41, 5.74) is 5.36. The van der Waals surface area contributed by atoms with E-state index >= 15 is 0 Å². The summed E-state index contributed by atoms with van der Waals surface area (Å²) in [6.45, 7) is 1.67. The van der Waals surface area contributed by atoms with Gasteiger partial charge in [-0.25, -0.2) is 0 Å². The van der Waals surface area contributed by atoms with Crippen molar-refractivity contribution in [1.82, 2.24) is 4.90 Å². The first-order valence-corrected chi connectivity index (χ1v) is 6.62. The van der Waals surface area contributed by atoms with Crippen LogP contribution in [0.4, 0.5) is 18.9 Å². The lowest BCUT2D eigenvalue weighted by atomic mass is 9.86. The Kier molecular flexibility index (Phi) is 4.25. The number of alkyl halides is 3. The van der Waals surface area contributed by atoms with Gasteiger partial charge < -0.3 is 15.7 Å². The Morgan fingerprint density at radius 3 is 2.45 bits per heavy atom. The Morgan fingerprint density at radius 1 is 1.30 bits per heavy atom. The molecule has 0 bridgehead atoms. The van der Waals surface area contributed by atoms with Gasteiger partial charge in [0.05, 0.1) is 11.7 Å². The van der Waals surface area contributed by atoms with Crippen LogP contribution >= 0.6 is 0 Å². The minimum atomic E-state index is -4.42. The van der Waals surface area contributed by atoms with Crippen LogP contribution in [0.3, 0.4) is 0 Å². The lowest BCUT2D eigenvalue weighted by Gasteiger charge is -2.32. The third-order valence-corrected chi connectivity index (χ3v) is 3.94. The average Bonchev–Trinajstić information content (AvgIpc) is 2.38. The molecule has 2 rings (SSSR count). The fraction of sp³-hybridized carbons (Fsp3) is 0.571. The van der Waals surface area contributed by atoms with E-state index in [4.69, 9.17) is 5.73 Å². The van der Waals surface area contributed by atoms with Crippen molar-refractivity contribution in [2.75, 3.05) is 25.9 Å². The van der Waals surface area contributed by atoms with Crippen LogP contribution in [0.2, 0.25) is 0 Å². The zero-order valence-electron chi connectivity index (χ0n) is 11.3. The van der Waals surface area contributed by atoms with Crippen LogP contribution in [0.15, 0.2) is 18.2 Å². The number of aliphatic hydroxyl groups is 1. The fourth-order valence-electron chi connectivity index (χ4n) is 2.61. The standard InChI is InChI=1S/C14H19F3N2O/c1-19-6-4-9(5-7-19)13(20)11-8-10(14(15,16)17)2-3-12(11)18/h2-3,8-9,13,20H,4-7,18H2,1H3. The molecule has 0 amide bonds. The highest BCUT2D eigenvalue weighted by Gasteiger charge is 2.33. The van der Waals surface area contributed by atoms with Gasteiger partial charge in [-0.2, -0.15) is 13.2 Å². The average molecular weight is 288 g/mol. The van der Waals surface area contributed by atoms with Gasteiger partial charge in [0, 0.05) is 11.3 Å². The van der Waals surface area contributed by atoms with Gasteiger partial charge in [-0.1, -0.05) is 0 Å². The van der Waals surface area contributed by atoms with Gasteiger partial charge in [-0.05, 0) is 57.1 Å². The maximum Gasteiger partial charge on any atom is 0.416 e. The summed E-state index contributed by atoms with van der Waals surface area (Å²) in [7, 11) is 1.99. The molecular formula is C14H19F3N2O. The number of rotatable bonds is 2. The van der Waals surface area contributed by atoms with E-state index in [2.05, 4.69) is 4.90 Å². The smallest absolute Gasteiger partial charge is 0.398 e. The highest BCUT2D eigenvalue weighted by Crippen LogP contribution is 2.37. The molecule has 3 nitrogen and oxygen atoms in total. The van der Waals surface area contributed by atoms with E-state index in [-0.39, 0.29) is 17.2 Å². The molecule has 1 saturated heterocycles. The van der Waals surface area contributed by atoms with Gasteiger partial charge in [-0.3, -0.25) is 0 Å². The number of nitrogens with zero attached hydrogens (tertiary/aromatic N) is 1. The molecule has 0 radical (unpaired) electrons. The quantitative estimate of drug-likeness (QED) is 0.823. The first-order chi connectivity index (χ1) is 9.29. The monoisotopic (exact) mass is 288 g/mol. The van der Waals surface area contributed by atoms with E-state index in [1.165, 1.54) is 6.07 Å². The predicted molar refractivity (Wildman–Crippen MR) is 71.0 cm³/mol. The number of nitrogens with two attached hydrogens (primary N) is 1. The Labute approximate surface area is 116 Å². The second kappa shape index (κ2) is 5.61. The SMILES string of the molecule is CN1CCC(C(O)c2cc(C(F)(F)F)ccc2N)CC1. The Hall–Kier alpha value is -1.27. The summed E-state index contributed by atoms with van der Waals surface area (Å²) >= 11 is 0. The lowest BCUT2D eigenvalue weighted by molar-refractivity contribution is -0.137. The first kappa shape index (κ1) is 15.1. The van der Waals surface area contributed by atoms with Crippen LogP contribution in [0.25, 0.3) is 0 Å². The van der Waals surface area contributed by atoms with Gasteiger partial charge in [-0.15, -0.1) is 0 Å². The number of halogens is 3. The van der Waals surface area contributed by atoms with E-state index in [9.17, 15) is 18.3 Å². The number of aliphatic hydroxyl groups excluding tert-OH is 1. The zero-order valence-corrected chi connectivity index (χ0v) is 11.3. The molecule has 1 aliphatic heterocycles. The highest BCUT2D eigenvalue weighted by molar-refractivity contribution is 5.50. The molecule has 1 aromatic carbocycles. The van der Waals surface area contributed by atoms with Gasteiger partial charge in [0.25, 0.3) is 0 Å². The van der Waals surface area contributed by atoms with Crippen molar-refractivity contribution >= 4 is 5.69 Å². The Morgan fingerprint density at radius 2 is 1.90 bits per heavy atom. The van der Waals surface area contributed by atoms with Crippen molar-refractivity contribution in [1.29, 1.82) is 0 Å². The Bertz CT molecular complexity index is 468. The molecule has 1 unspecified atom stereocenters. The van der Waals surface area contributed by atoms with Crippen LogP contribution < -0.4 is 5.73 Å². The molecule has 0 aromatic heterocycles. The summed E-state index contributed by atoms with van der Waals surface area (Å²) < 4.78 is 38.2. The minimum Gasteiger partial charge on any atom is -0.398 e. The Balaban J connectivity index is 2.22. The van der Waals surface area contributed by atoms with E-state index in [0.29, 0.717) is 0 Å². The van der Waals surface area contributed by atoms with Crippen molar-refractivity contribution in [3.63, 3.8) is 0 Å². The van der Waals surface area contributed by atoms with Crippen molar-refractivity contribution < 1.29 is 18.3 Å². The molecular weight excluding hydrogens is 269 g/mol. The molecule has 0 spiro atoms. The highest BCUT2D eigenvalue weighted by atomic mass is 19.4. The lowest BCUT2D eigenvalue weighted by Crippen LogP contribution is -2.33. The van der Waals surface area contributed by atoms with Gasteiger partial charge in [0.15, 0.2) is 0 Å². The summed E-state index contributed by atoms with van der Waals surface area (Å²) in [5, 5.41) is 10.3. The summed E-state index contributed by atoms with van der Waals surface area (Å²) in [6.07, 6.45) is -3.85. The largest absolute Gasteiger partial charge is 0.416 e.